The van der Waals surface area contributed by atoms with Crippen LogP contribution in [0.15, 0.2) is 0 Å². The first-order chi connectivity index (χ1) is 8.75. The molecule has 19 heavy (non-hydrogen) atoms. The van der Waals surface area contributed by atoms with E-state index in [0.29, 0.717) is 11.8 Å². The number of hydrogen-bond donors (Lipinski definition) is 2. The molecule has 2 heterocycles. The summed E-state index contributed by atoms with van der Waals surface area (Å²) in [5.41, 5.74) is 0. The first kappa shape index (κ1) is 15.3. The zero-order valence-electron chi connectivity index (χ0n) is 9.91. The standard InChI is InChI=1S/C9H12N2O.C2HF3O2/c1-2-9(12)11-5-7-3-10-4-8(7)6-11;3-2(4,5)1(6)7/h1,7-8,10H,3-6H2;(H,6,7)/t7-,8+;. The fraction of sp³-hybridized carbons (Fsp3) is 0.636. The number of terminal acetylenes is 1. The Hall–Kier alpha value is -1.75. The number of hydrogen-bond acceptors (Lipinski definition) is 3. The number of aliphatic carboxylic acids is 1. The molecule has 2 saturated heterocycles. The molecule has 2 fully saturated rings. The van der Waals surface area contributed by atoms with Crippen LogP contribution >= 0.6 is 0 Å². The number of halogens is 3. The van der Waals surface area contributed by atoms with E-state index in [-0.39, 0.29) is 5.91 Å². The SMILES string of the molecule is C#CC(=O)N1C[C@H]2CNC[C@H]2C1.O=C(O)C(F)(F)F. The summed E-state index contributed by atoms with van der Waals surface area (Å²) in [5, 5.41) is 10.4. The second kappa shape index (κ2) is 5.93. The van der Waals surface area contributed by atoms with E-state index < -0.39 is 12.1 Å². The zero-order chi connectivity index (χ0) is 14.6. The van der Waals surface area contributed by atoms with Crippen LogP contribution in [0.3, 0.4) is 0 Å². The smallest absolute Gasteiger partial charge is 0.475 e. The molecule has 0 aromatic rings. The molecule has 2 rings (SSSR count). The van der Waals surface area contributed by atoms with Crippen LogP contribution in [0.1, 0.15) is 0 Å². The maximum atomic E-state index is 11.1. The number of rotatable bonds is 0. The van der Waals surface area contributed by atoms with Gasteiger partial charge in [0, 0.05) is 26.2 Å². The summed E-state index contributed by atoms with van der Waals surface area (Å²) in [6.07, 6.45) is -0.0379. The summed E-state index contributed by atoms with van der Waals surface area (Å²) in [6, 6.07) is 0. The van der Waals surface area contributed by atoms with Crippen molar-refractivity contribution in [2.45, 2.75) is 6.18 Å². The molecule has 8 heteroatoms. The summed E-state index contributed by atoms with van der Waals surface area (Å²) in [7, 11) is 0. The van der Waals surface area contributed by atoms with E-state index in [1.165, 1.54) is 0 Å². The van der Waals surface area contributed by atoms with Crippen LogP contribution in [0, 0.1) is 24.2 Å². The number of carboxylic acids is 1. The van der Waals surface area contributed by atoms with Gasteiger partial charge in [-0.05, 0) is 17.8 Å². The van der Waals surface area contributed by atoms with Gasteiger partial charge in [0.05, 0.1) is 0 Å². The summed E-state index contributed by atoms with van der Waals surface area (Å²) < 4.78 is 31.7. The number of carbonyl (C=O) groups excluding carboxylic acids is 1. The molecule has 0 unspecified atom stereocenters. The van der Waals surface area contributed by atoms with Crippen LogP contribution in [-0.4, -0.2) is 54.2 Å². The Morgan fingerprint density at radius 3 is 2.00 bits per heavy atom. The largest absolute Gasteiger partial charge is 0.490 e. The average Bonchev–Trinajstić information content (AvgIpc) is 2.87. The lowest BCUT2D eigenvalue weighted by Crippen LogP contribution is -2.30. The zero-order valence-corrected chi connectivity index (χ0v) is 9.91. The lowest BCUT2D eigenvalue weighted by atomic mass is 10.0. The van der Waals surface area contributed by atoms with Gasteiger partial charge < -0.3 is 15.3 Å². The molecule has 106 valence electrons. The lowest BCUT2D eigenvalue weighted by molar-refractivity contribution is -0.192. The normalized spacial score (nSPS) is 25.1. The van der Waals surface area contributed by atoms with Crippen molar-refractivity contribution < 1.29 is 27.9 Å². The monoisotopic (exact) mass is 278 g/mol. The summed E-state index contributed by atoms with van der Waals surface area (Å²) in [4.78, 5) is 21.8. The van der Waals surface area contributed by atoms with Gasteiger partial charge in [0.25, 0.3) is 5.91 Å². The van der Waals surface area contributed by atoms with E-state index in [9.17, 15) is 18.0 Å². The van der Waals surface area contributed by atoms with Crippen LogP contribution in [0.2, 0.25) is 0 Å². The Kier molecular flexibility index (Phi) is 4.78. The molecule has 0 aromatic carbocycles. The number of carbonyl (C=O) groups is 2. The molecule has 2 aliphatic heterocycles. The van der Waals surface area contributed by atoms with Gasteiger partial charge in [0.2, 0.25) is 0 Å². The topological polar surface area (TPSA) is 69.6 Å². The van der Waals surface area contributed by atoms with Gasteiger partial charge in [0.15, 0.2) is 0 Å². The molecule has 2 N–H and O–H groups in total. The van der Waals surface area contributed by atoms with Crippen molar-refractivity contribution in [3.05, 3.63) is 0 Å². The number of carboxylic acid groups (broad SMARTS) is 1. The van der Waals surface area contributed by atoms with Gasteiger partial charge in [-0.1, -0.05) is 0 Å². The van der Waals surface area contributed by atoms with Crippen molar-refractivity contribution in [1.29, 1.82) is 0 Å². The molecule has 0 bridgehead atoms. The van der Waals surface area contributed by atoms with Crippen molar-refractivity contribution in [3.8, 4) is 12.3 Å². The van der Waals surface area contributed by atoms with Gasteiger partial charge in [-0.15, -0.1) is 6.42 Å². The van der Waals surface area contributed by atoms with Crippen LogP contribution in [-0.2, 0) is 9.59 Å². The fourth-order valence-electron chi connectivity index (χ4n) is 2.11. The highest BCUT2D eigenvalue weighted by atomic mass is 19.4. The number of nitrogens with one attached hydrogen (secondary N) is 1. The molecular formula is C11H13F3N2O3. The Morgan fingerprint density at radius 2 is 1.68 bits per heavy atom. The second-order valence-electron chi connectivity index (χ2n) is 4.34. The summed E-state index contributed by atoms with van der Waals surface area (Å²) >= 11 is 0. The minimum atomic E-state index is -5.08. The Labute approximate surface area is 107 Å². The predicted octanol–water partition coefficient (Wildman–Crippen LogP) is -0.0693. The maximum absolute atomic E-state index is 11.1. The third-order valence-electron chi connectivity index (χ3n) is 3.04. The van der Waals surface area contributed by atoms with Crippen LogP contribution < -0.4 is 5.32 Å². The molecule has 0 spiro atoms. The number of fused-ring (bicyclic) bond motifs is 1. The van der Waals surface area contributed by atoms with Gasteiger partial charge in [-0.25, -0.2) is 4.79 Å². The van der Waals surface area contributed by atoms with Crippen molar-refractivity contribution in [3.63, 3.8) is 0 Å². The van der Waals surface area contributed by atoms with Gasteiger partial charge in [0.1, 0.15) is 0 Å². The van der Waals surface area contributed by atoms with E-state index in [1.807, 2.05) is 0 Å². The minimum Gasteiger partial charge on any atom is -0.475 e. The summed E-state index contributed by atoms with van der Waals surface area (Å²) in [6.45, 7) is 3.78. The molecule has 0 saturated carbocycles. The lowest BCUT2D eigenvalue weighted by Gasteiger charge is -2.13. The van der Waals surface area contributed by atoms with E-state index in [0.717, 1.165) is 26.2 Å². The Morgan fingerprint density at radius 1 is 1.26 bits per heavy atom. The minimum absolute atomic E-state index is 0.149. The molecule has 2 atom stereocenters. The third-order valence-corrected chi connectivity index (χ3v) is 3.04. The number of amides is 1. The summed E-state index contributed by atoms with van der Waals surface area (Å²) in [5.74, 6) is 0.539. The van der Waals surface area contributed by atoms with Gasteiger partial charge >= 0.3 is 12.1 Å². The third kappa shape index (κ3) is 4.13. The van der Waals surface area contributed by atoms with E-state index in [2.05, 4.69) is 11.2 Å². The van der Waals surface area contributed by atoms with Crippen molar-refractivity contribution in [2.75, 3.05) is 26.2 Å². The first-order valence-corrected chi connectivity index (χ1v) is 5.52. The average molecular weight is 278 g/mol. The molecule has 0 aliphatic carbocycles. The molecule has 5 nitrogen and oxygen atoms in total. The molecule has 0 radical (unpaired) electrons. The van der Waals surface area contributed by atoms with E-state index >= 15 is 0 Å². The van der Waals surface area contributed by atoms with Crippen LogP contribution in [0.25, 0.3) is 0 Å². The Bertz CT molecular complexity index is 391. The second-order valence-corrected chi connectivity index (χ2v) is 4.34. The fourth-order valence-corrected chi connectivity index (χ4v) is 2.11. The Balaban J connectivity index is 0.000000224. The molecule has 2 aliphatic rings. The number of alkyl halides is 3. The molecule has 1 amide bonds. The quantitative estimate of drug-likeness (QED) is 0.609. The van der Waals surface area contributed by atoms with E-state index in [4.69, 9.17) is 16.3 Å². The van der Waals surface area contributed by atoms with E-state index in [1.54, 1.807) is 4.90 Å². The van der Waals surface area contributed by atoms with Crippen LogP contribution in [0.5, 0.6) is 0 Å². The van der Waals surface area contributed by atoms with Gasteiger partial charge in [-0.3, -0.25) is 4.79 Å². The van der Waals surface area contributed by atoms with Crippen LogP contribution in [0.4, 0.5) is 13.2 Å². The van der Waals surface area contributed by atoms with Crippen molar-refractivity contribution in [2.24, 2.45) is 11.8 Å². The highest BCUT2D eigenvalue weighted by Crippen LogP contribution is 2.25. The number of likely N-dealkylation sites (tertiary alicyclic amines) is 1. The highest BCUT2D eigenvalue weighted by molar-refractivity contribution is 5.93. The predicted molar refractivity (Wildman–Crippen MR) is 59.0 cm³/mol. The van der Waals surface area contributed by atoms with Crippen molar-refractivity contribution in [1.82, 2.24) is 10.2 Å². The maximum Gasteiger partial charge on any atom is 0.490 e. The first-order valence-electron chi connectivity index (χ1n) is 5.52. The van der Waals surface area contributed by atoms with Gasteiger partial charge in [-0.2, -0.15) is 13.2 Å². The molecule has 0 aromatic heterocycles. The number of nitrogens with zero attached hydrogens (tertiary/aromatic N) is 1. The molecular weight excluding hydrogens is 265 g/mol. The highest BCUT2D eigenvalue weighted by Gasteiger charge is 2.38. The van der Waals surface area contributed by atoms with Crippen molar-refractivity contribution >= 4 is 11.9 Å².